The molecular weight excluding hydrogens is 548 g/mol. The summed E-state index contributed by atoms with van der Waals surface area (Å²) in [7, 11) is 0. The predicted octanol–water partition coefficient (Wildman–Crippen LogP) is 10.7. The zero-order valence-electron chi connectivity index (χ0n) is 29.6. The quantitative estimate of drug-likeness (QED) is 0.0603. The zero-order valence-corrected chi connectivity index (χ0v) is 29.6. The van der Waals surface area contributed by atoms with Gasteiger partial charge in [-0.25, -0.2) is 0 Å². The summed E-state index contributed by atoms with van der Waals surface area (Å²) in [4.78, 5) is 25.2. The van der Waals surface area contributed by atoms with Crippen LogP contribution in [0.4, 0.5) is 0 Å². The van der Waals surface area contributed by atoms with Gasteiger partial charge in [-0.3, -0.25) is 9.59 Å². The van der Waals surface area contributed by atoms with Crippen molar-refractivity contribution in [2.75, 3.05) is 6.61 Å². The third-order valence-corrected chi connectivity index (χ3v) is 9.52. The molecule has 5 heteroatoms. The van der Waals surface area contributed by atoms with Gasteiger partial charge in [0.2, 0.25) is 0 Å². The second-order valence-electron chi connectivity index (χ2n) is 13.8. The van der Waals surface area contributed by atoms with E-state index in [2.05, 4.69) is 13.8 Å². The number of aliphatic hydroxyl groups is 3. The van der Waals surface area contributed by atoms with E-state index in [-0.39, 0.29) is 12.8 Å². The summed E-state index contributed by atoms with van der Waals surface area (Å²) >= 11 is 0. The van der Waals surface area contributed by atoms with Gasteiger partial charge in [-0.05, 0) is 12.8 Å². The van der Waals surface area contributed by atoms with Crippen LogP contribution in [0, 0.1) is 0 Å². The summed E-state index contributed by atoms with van der Waals surface area (Å²) in [5.74, 6) is -1.16. The minimum Gasteiger partial charge on any atom is -0.393 e. The van der Waals surface area contributed by atoms with Crippen LogP contribution in [0.2, 0.25) is 0 Å². The van der Waals surface area contributed by atoms with E-state index < -0.39 is 29.9 Å². The molecule has 0 saturated carbocycles. The van der Waals surface area contributed by atoms with E-state index in [0.29, 0.717) is 12.8 Å². The van der Waals surface area contributed by atoms with Gasteiger partial charge in [0.25, 0.3) is 0 Å². The van der Waals surface area contributed by atoms with E-state index >= 15 is 0 Å². The van der Waals surface area contributed by atoms with Crippen molar-refractivity contribution < 1.29 is 24.9 Å². The second kappa shape index (κ2) is 32.2. The van der Waals surface area contributed by atoms with Crippen molar-refractivity contribution in [1.29, 1.82) is 0 Å². The van der Waals surface area contributed by atoms with E-state index in [1.165, 1.54) is 141 Å². The number of ketones is 2. The molecular formula is C39H76O5. The molecule has 0 rings (SSSR count). The maximum absolute atomic E-state index is 12.7. The van der Waals surface area contributed by atoms with Gasteiger partial charge in [0.15, 0.2) is 23.3 Å². The molecule has 0 amide bonds. The highest BCUT2D eigenvalue weighted by molar-refractivity contribution is 5.96. The van der Waals surface area contributed by atoms with Crippen molar-refractivity contribution in [3.63, 3.8) is 0 Å². The van der Waals surface area contributed by atoms with Crippen molar-refractivity contribution in [3.8, 4) is 0 Å². The molecule has 0 aromatic heterocycles. The van der Waals surface area contributed by atoms with Gasteiger partial charge < -0.3 is 15.3 Å². The molecule has 3 N–H and O–H groups in total. The lowest BCUT2D eigenvalue weighted by molar-refractivity contribution is -0.165. The summed E-state index contributed by atoms with van der Waals surface area (Å²) in [6.07, 6.45) is 35.3. The third-order valence-electron chi connectivity index (χ3n) is 9.52. The third kappa shape index (κ3) is 24.5. The topological polar surface area (TPSA) is 94.8 Å². The summed E-state index contributed by atoms with van der Waals surface area (Å²) in [6.45, 7) is 3.59. The van der Waals surface area contributed by atoms with Crippen LogP contribution in [0.5, 0.6) is 0 Å². The molecule has 0 heterocycles. The Morgan fingerprint density at radius 1 is 0.455 bits per heavy atom. The standard InChI is InChI=1S/C39H76O5/c1-3-5-7-9-11-13-15-17-18-19-20-22-24-26-28-30-32-34-37(42)39(44,35-40)38(43)36(41)33-31-29-27-25-23-21-16-14-12-10-8-6-4-2/h38,40,43-44H,3-35H2,1-2H3. The SMILES string of the molecule is CCCCCCCCCCCCCCCCCCCC(=O)C(O)(CO)C(O)C(=O)CCCCCCCCCCCCCCC. The lowest BCUT2D eigenvalue weighted by Crippen LogP contribution is -2.55. The van der Waals surface area contributed by atoms with Crippen molar-refractivity contribution in [2.45, 2.75) is 231 Å². The average molecular weight is 625 g/mol. The Morgan fingerprint density at radius 2 is 0.705 bits per heavy atom. The van der Waals surface area contributed by atoms with Crippen LogP contribution in [0.3, 0.4) is 0 Å². The lowest BCUT2D eigenvalue weighted by Gasteiger charge is -2.29. The van der Waals surface area contributed by atoms with Crippen molar-refractivity contribution in [3.05, 3.63) is 0 Å². The molecule has 0 saturated heterocycles. The molecule has 2 atom stereocenters. The Morgan fingerprint density at radius 3 is 0.977 bits per heavy atom. The number of Topliss-reactive ketones (excluding diaryl/α,β-unsaturated/α-hetero) is 2. The number of hydrogen-bond acceptors (Lipinski definition) is 5. The van der Waals surface area contributed by atoms with Crippen molar-refractivity contribution in [1.82, 2.24) is 0 Å². The summed E-state index contributed by atoms with van der Waals surface area (Å²) in [5, 5.41) is 30.9. The van der Waals surface area contributed by atoms with E-state index in [1.807, 2.05) is 0 Å². The summed E-state index contributed by atoms with van der Waals surface area (Å²) in [6, 6.07) is 0. The van der Waals surface area contributed by atoms with E-state index in [0.717, 1.165) is 38.5 Å². The maximum atomic E-state index is 12.7. The fourth-order valence-corrected chi connectivity index (χ4v) is 6.27. The van der Waals surface area contributed by atoms with Crippen LogP contribution in [0.25, 0.3) is 0 Å². The Labute approximate surface area is 273 Å². The minimum atomic E-state index is -2.37. The molecule has 0 aromatic rings. The number of carbonyl (C=O) groups excluding carboxylic acids is 2. The predicted molar refractivity (Wildman–Crippen MR) is 187 cm³/mol. The van der Waals surface area contributed by atoms with Gasteiger partial charge in [-0.1, -0.05) is 194 Å². The van der Waals surface area contributed by atoms with Gasteiger partial charge in [-0.2, -0.15) is 0 Å². The largest absolute Gasteiger partial charge is 0.393 e. The average Bonchev–Trinajstić information content (AvgIpc) is 3.03. The van der Waals surface area contributed by atoms with Crippen LogP contribution in [0.15, 0.2) is 0 Å². The van der Waals surface area contributed by atoms with E-state index in [9.17, 15) is 24.9 Å². The molecule has 0 aromatic carbocycles. The normalized spacial score (nSPS) is 13.7. The molecule has 0 spiro atoms. The molecule has 5 nitrogen and oxygen atoms in total. The first kappa shape index (κ1) is 43.2. The highest BCUT2D eigenvalue weighted by Crippen LogP contribution is 2.21. The molecule has 0 bridgehead atoms. The van der Waals surface area contributed by atoms with E-state index in [4.69, 9.17) is 0 Å². The Kier molecular flexibility index (Phi) is 31.6. The number of aliphatic hydroxyl groups excluding tert-OH is 2. The first-order valence-corrected chi connectivity index (χ1v) is 19.5. The Balaban J connectivity index is 3.78. The minimum absolute atomic E-state index is 0.0821. The van der Waals surface area contributed by atoms with Crippen molar-refractivity contribution in [2.24, 2.45) is 0 Å². The fourth-order valence-electron chi connectivity index (χ4n) is 6.27. The van der Waals surface area contributed by atoms with Crippen LogP contribution in [-0.2, 0) is 9.59 Å². The van der Waals surface area contributed by atoms with Crippen LogP contribution in [0.1, 0.15) is 219 Å². The second-order valence-corrected chi connectivity index (χ2v) is 13.8. The highest BCUT2D eigenvalue weighted by Gasteiger charge is 2.45. The molecule has 262 valence electrons. The first-order valence-electron chi connectivity index (χ1n) is 19.5. The van der Waals surface area contributed by atoms with Crippen LogP contribution in [-0.4, -0.2) is 45.2 Å². The van der Waals surface area contributed by atoms with Gasteiger partial charge in [0.1, 0.15) is 0 Å². The number of rotatable bonds is 36. The smallest absolute Gasteiger partial charge is 0.178 e. The number of carbonyl (C=O) groups is 2. The monoisotopic (exact) mass is 625 g/mol. The lowest BCUT2D eigenvalue weighted by atomic mass is 9.85. The molecule has 0 aliphatic heterocycles. The molecule has 0 radical (unpaired) electrons. The van der Waals surface area contributed by atoms with Crippen molar-refractivity contribution >= 4 is 11.6 Å². The highest BCUT2D eigenvalue weighted by atomic mass is 16.4. The van der Waals surface area contributed by atoms with Gasteiger partial charge in [0.05, 0.1) is 6.61 Å². The van der Waals surface area contributed by atoms with Gasteiger partial charge in [-0.15, -0.1) is 0 Å². The van der Waals surface area contributed by atoms with E-state index in [1.54, 1.807) is 0 Å². The van der Waals surface area contributed by atoms with Gasteiger partial charge >= 0.3 is 0 Å². The molecule has 44 heavy (non-hydrogen) atoms. The van der Waals surface area contributed by atoms with Gasteiger partial charge in [0, 0.05) is 12.8 Å². The molecule has 0 aliphatic carbocycles. The Hall–Kier alpha value is -0.780. The first-order chi connectivity index (χ1) is 21.4. The van der Waals surface area contributed by atoms with Crippen LogP contribution < -0.4 is 0 Å². The molecule has 0 fully saturated rings. The maximum Gasteiger partial charge on any atom is 0.178 e. The van der Waals surface area contributed by atoms with Crippen LogP contribution >= 0.6 is 0 Å². The fraction of sp³-hybridized carbons (Fsp3) is 0.949. The molecule has 0 aliphatic rings. The zero-order chi connectivity index (χ0) is 32.6. The molecule has 2 unspecified atom stereocenters. The Bertz CT molecular complexity index is 636. The summed E-state index contributed by atoms with van der Waals surface area (Å²) in [5.41, 5.74) is -2.37. The number of hydrogen-bond donors (Lipinski definition) is 3. The number of unbranched alkanes of at least 4 members (excludes halogenated alkanes) is 28. The summed E-state index contributed by atoms with van der Waals surface area (Å²) < 4.78 is 0.